The highest BCUT2D eigenvalue weighted by Crippen LogP contribution is 2.21. The summed E-state index contributed by atoms with van der Waals surface area (Å²) in [6.07, 6.45) is 0.730. The van der Waals surface area contributed by atoms with Gasteiger partial charge in [-0.1, -0.05) is 18.2 Å². The van der Waals surface area contributed by atoms with E-state index in [2.05, 4.69) is 15.5 Å². The highest BCUT2D eigenvalue weighted by molar-refractivity contribution is 5.62. The molecule has 0 aliphatic carbocycles. The molecule has 6 heteroatoms. The zero-order valence-electron chi connectivity index (χ0n) is 12.8. The maximum Gasteiger partial charge on any atom is 0.129 e. The van der Waals surface area contributed by atoms with Crippen molar-refractivity contribution >= 4 is 0 Å². The molecule has 0 radical (unpaired) electrons. The quantitative estimate of drug-likeness (QED) is 0.651. The van der Waals surface area contributed by atoms with Crippen LogP contribution in [0.1, 0.15) is 17.2 Å². The molecule has 0 spiro atoms. The summed E-state index contributed by atoms with van der Waals surface area (Å²) in [4.78, 5) is 0. The average molecular weight is 329 g/mol. The van der Waals surface area contributed by atoms with E-state index in [-0.39, 0.29) is 17.9 Å². The molecule has 0 amide bonds. The highest BCUT2D eigenvalue weighted by Gasteiger charge is 2.13. The van der Waals surface area contributed by atoms with Gasteiger partial charge < -0.3 is 10.4 Å². The van der Waals surface area contributed by atoms with Crippen molar-refractivity contribution in [2.45, 2.75) is 12.6 Å². The number of nitrogens with zero attached hydrogens (tertiary/aromatic N) is 1. The second-order valence-electron chi connectivity index (χ2n) is 5.45. The Hall–Kier alpha value is -2.57. The van der Waals surface area contributed by atoms with Gasteiger partial charge in [0, 0.05) is 29.8 Å². The molecule has 124 valence electrons. The van der Waals surface area contributed by atoms with Crippen LogP contribution in [-0.2, 0) is 6.54 Å². The standard InChI is InChI=1S/C18H17F2N3O/c19-14-7-5-12(6-8-14)18-13(10-22-23-18)9-21-11-17(24)15-3-1-2-4-16(15)20/h1-8,10,17,21,24H,9,11H2,(H,22,23). The first kappa shape index (κ1) is 16.3. The van der Waals surface area contributed by atoms with E-state index in [1.165, 1.54) is 18.2 Å². The molecule has 24 heavy (non-hydrogen) atoms. The van der Waals surface area contributed by atoms with Gasteiger partial charge in [0.25, 0.3) is 0 Å². The van der Waals surface area contributed by atoms with Gasteiger partial charge in [-0.3, -0.25) is 5.10 Å². The zero-order chi connectivity index (χ0) is 16.9. The molecule has 1 heterocycles. The summed E-state index contributed by atoms with van der Waals surface area (Å²) in [5.74, 6) is -0.729. The summed E-state index contributed by atoms with van der Waals surface area (Å²) in [6.45, 7) is 0.643. The number of aromatic amines is 1. The molecule has 0 saturated heterocycles. The molecule has 0 aliphatic rings. The summed E-state index contributed by atoms with van der Waals surface area (Å²) >= 11 is 0. The number of H-pyrrole nitrogens is 1. The van der Waals surface area contributed by atoms with E-state index in [1.807, 2.05) is 0 Å². The predicted octanol–water partition coefficient (Wildman–Crippen LogP) is 3.18. The van der Waals surface area contributed by atoms with Crippen LogP contribution in [0.2, 0.25) is 0 Å². The van der Waals surface area contributed by atoms with Crippen LogP contribution in [0.15, 0.2) is 54.7 Å². The van der Waals surface area contributed by atoms with Gasteiger partial charge in [-0.05, 0) is 30.3 Å². The Bertz CT molecular complexity index is 802. The van der Waals surface area contributed by atoms with Crippen molar-refractivity contribution in [3.63, 3.8) is 0 Å². The maximum absolute atomic E-state index is 13.6. The number of halogens is 2. The van der Waals surface area contributed by atoms with E-state index < -0.39 is 11.9 Å². The summed E-state index contributed by atoms with van der Waals surface area (Å²) < 4.78 is 26.6. The van der Waals surface area contributed by atoms with Crippen molar-refractivity contribution in [3.8, 4) is 11.3 Å². The van der Waals surface area contributed by atoms with Crippen molar-refractivity contribution in [2.24, 2.45) is 0 Å². The minimum Gasteiger partial charge on any atom is -0.387 e. The lowest BCUT2D eigenvalue weighted by molar-refractivity contribution is 0.169. The van der Waals surface area contributed by atoms with Gasteiger partial charge in [0.05, 0.1) is 18.0 Å². The number of nitrogens with one attached hydrogen (secondary N) is 2. The lowest BCUT2D eigenvalue weighted by Gasteiger charge is -2.13. The molecule has 3 N–H and O–H groups in total. The van der Waals surface area contributed by atoms with Gasteiger partial charge in [-0.2, -0.15) is 5.10 Å². The average Bonchev–Trinajstić information content (AvgIpc) is 3.04. The van der Waals surface area contributed by atoms with Gasteiger partial charge in [-0.25, -0.2) is 8.78 Å². The number of rotatable bonds is 6. The fraction of sp³-hybridized carbons (Fsp3) is 0.167. The van der Waals surface area contributed by atoms with Crippen molar-refractivity contribution in [1.29, 1.82) is 0 Å². The number of aromatic nitrogens is 2. The fourth-order valence-corrected chi connectivity index (χ4v) is 2.51. The minimum atomic E-state index is -0.938. The smallest absolute Gasteiger partial charge is 0.129 e. The molecule has 0 aliphatic heterocycles. The monoisotopic (exact) mass is 329 g/mol. The Kier molecular flexibility index (Phi) is 4.98. The highest BCUT2D eigenvalue weighted by atomic mass is 19.1. The van der Waals surface area contributed by atoms with E-state index in [1.54, 1.807) is 36.5 Å². The number of aliphatic hydroxyl groups excluding tert-OH is 1. The second kappa shape index (κ2) is 7.33. The second-order valence-corrected chi connectivity index (χ2v) is 5.45. The molecular weight excluding hydrogens is 312 g/mol. The number of hydrogen-bond donors (Lipinski definition) is 3. The van der Waals surface area contributed by atoms with E-state index in [9.17, 15) is 13.9 Å². The van der Waals surface area contributed by atoms with Crippen LogP contribution in [0.3, 0.4) is 0 Å². The maximum atomic E-state index is 13.6. The molecule has 1 atom stereocenters. The van der Waals surface area contributed by atoms with Crippen molar-refractivity contribution in [2.75, 3.05) is 6.54 Å². The third-order valence-electron chi connectivity index (χ3n) is 3.77. The van der Waals surface area contributed by atoms with Crippen LogP contribution in [0, 0.1) is 11.6 Å². The lowest BCUT2D eigenvalue weighted by atomic mass is 10.1. The third kappa shape index (κ3) is 3.67. The van der Waals surface area contributed by atoms with E-state index in [0.717, 1.165) is 16.8 Å². The third-order valence-corrected chi connectivity index (χ3v) is 3.77. The molecule has 3 aromatic rings. The molecule has 1 aromatic heterocycles. The molecule has 1 unspecified atom stereocenters. The van der Waals surface area contributed by atoms with E-state index >= 15 is 0 Å². The number of hydrogen-bond acceptors (Lipinski definition) is 3. The van der Waals surface area contributed by atoms with Gasteiger partial charge in [-0.15, -0.1) is 0 Å². The van der Waals surface area contributed by atoms with Crippen molar-refractivity contribution in [3.05, 3.63) is 77.5 Å². The first-order valence-electron chi connectivity index (χ1n) is 7.56. The van der Waals surface area contributed by atoms with Crippen LogP contribution in [0.5, 0.6) is 0 Å². The van der Waals surface area contributed by atoms with E-state index in [4.69, 9.17) is 0 Å². The fourth-order valence-electron chi connectivity index (χ4n) is 2.51. The van der Waals surface area contributed by atoms with Gasteiger partial charge in [0.2, 0.25) is 0 Å². The largest absolute Gasteiger partial charge is 0.387 e. The Balaban J connectivity index is 1.63. The lowest BCUT2D eigenvalue weighted by Crippen LogP contribution is -2.21. The summed E-state index contributed by atoms with van der Waals surface area (Å²) in [5, 5.41) is 20.1. The number of benzene rings is 2. The molecule has 2 aromatic carbocycles. The summed E-state index contributed by atoms with van der Waals surface area (Å²) in [5.41, 5.74) is 2.74. The first-order valence-corrected chi connectivity index (χ1v) is 7.56. The SMILES string of the molecule is OC(CNCc1cn[nH]c1-c1ccc(F)cc1)c1ccccc1F. The molecule has 4 nitrogen and oxygen atoms in total. The van der Waals surface area contributed by atoms with Crippen molar-refractivity contribution in [1.82, 2.24) is 15.5 Å². The molecule has 3 rings (SSSR count). The zero-order valence-corrected chi connectivity index (χ0v) is 12.8. The summed E-state index contributed by atoms with van der Waals surface area (Å²) in [7, 11) is 0. The number of aliphatic hydroxyl groups is 1. The van der Waals surface area contributed by atoms with Gasteiger partial charge >= 0.3 is 0 Å². The Morgan fingerprint density at radius 1 is 1.08 bits per heavy atom. The topological polar surface area (TPSA) is 60.9 Å². The van der Waals surface area contributed by atoms with Gasteiger partial charge in [0.1, 0.15) is 11.6 Å². The van der Waals surface area contributed by atoms with Crippen LogP contribution in [0.25, 0.3) is 11.3 Å². The van der Waals surface area contributed by atoms with E-state index in [0.29, 0.717) is 6.54 Å². The predicted molar refractivity (Wildman–Crippen MR) is 87.0 cm³/mol. The normalized spacial score (nSPS) is 12.3. The van der Waals surface area contributed by atoms with Crippen LogP contribution in [-0.4, -0.2) is 21.8 Å². The van der Waals surface area contributed by atoms with Crippen molar-refractivity contribution < 1.29 is 13.9 Å². The van der Waals surface area contributed by atoms with Gasteiger partial charge in [0.15, 0.2) is 0 Å². The Morgan fingerprint density at radius 2 is 1.83 bits per heavy atom. The molecule has 0 fully saturated rings. The molecule has 0 bridgehead atoms. The molecule has 0 saturated carbocycles. The Labute approximate surface area is 138 Å². The van der Waals surface area contributed by atoms with Crippen LogP contribution in [0.4, 0.5) is 8.78 Å². The molecular formula is C18H17F2N3O. The van der Waals surface area contributed by atoms with Crippen LogP contribution >= 0.6 is 0 Å². The Morgan fingerprint density at radius 3 is 2.58 bits per heavy atom. The summed E-state index contributed by atoms with van der Waals surface area (Å²) in [6, 6.07) is 12.3. The minimum absolute atomic E-state index is 0.203. The van der Waals surface area contributed by atoms with Crippen LogP contribution < -0.4 is 5.32 Å². The first-order chi connectivity index (χ1) is 11.6.